The number of hydrogen-bond donors (Lipinski definition) is 2. The highest BCUT2D eigenvalue weighted by molar-refractivity contribution is 5.98. The van der Waals surface area contributed by atoms with Crippen LogP contribution in [0.15, 0.2) is 24.3 Å². The second kappa shape index (κ2) is 6.98. The third-order valence-electron chi connectivity index (χ3n) is 5.84. The van der Waals surface area contributed by atoms with Gasteiger partial charge in [0.1, 0.15) is 5.69 Å². The van der Waals surface area contributed by atoms with Crippen LogP contribution in [-0.2, 0) is 13.1 Å². The van der Waals surface area contributed by atoms with Crippen LogP contribution in [0.3, 0.4) is 0 Å². The van der Waals surface area contributed by atoms with Crippen LogP contribution in [0.4, 0.5) is 0 Å². The SMILES string of the molecule is CCn1c(C(=O)O)c(CN[C@@H]2CCC[C@@H](C)[C@@H]2C)c2ccccc21. The summed E-state index contributed by atoms with van der Waals surface area (Å²) in [7, 11) is 0. The Morgan fingerprint density at radius 2 is 2.04 bits per heavy atom. The average Bonchev–Trinajstić information content (AvgIpc) is 2.90. The average molecular weight is 328 g/mol. The van der Waals surface area contributed by atoms with Gasteiger partial charge in [-0.25, -0.2) is 4.79 Å². The van der Waals surface area contributed by atoms with Gasteiger partial charge in [0.25, 0.3) is 0 Å². The van der Waals surface area contributed by atoms with E-state index in [0.717, 1.165) is 22.4 Å². The van der Waals surface area contributed by atoms with Crippen LogP contribution in [0.5, 0.6) is 0 Å². The van der Waals surface area contributed by atoms with Gasteiger partial charge in [-0.3, -0.25) is 0 Å². The fraction of sp³-hybridized carbons (Fsp3) is 0.550. The molecule has 24 heavy (non-hydrogen) atoms. The molecule has 3 atom stereocenters. The lowest BCUT2D eigenvalue weighted by molar-refractivity contribution is 0.0684. The van der Waals surface area contributed by atoms with Gasteiger partial charge < -0.3 is 15.0 Å². The molecular formula is C20H28N2O2. The van der Waals surface area contributed by atoms with Gasteiger partial charge in [0, 0.05) is 35.6 Å². The number of hydrogen-bond acceptors (Lipinski definition) is 2. The van der Waals surface area contributed by atoms with E-state index in [-0.39, 0.29) is 0 Å². The summed E-state index contributed by atoms with van der Waals surface area (Å²) in [5.74, 6) is 0.522. The summed E-state index contributed by atoms with van der Waals surface area (Å²) < 4.78 is 1.92. The number of nitrogens with one attached hydrogen (secondary N) is 1. The molecule has 4 nitrogen and oxygen atoms in total. The first-order valence-corrected chi connectivity index (χ1v) is 9.11. The predicted molar refractivity (Wildman–Crippen MR) is 97.4 cm³/mol. The van der Waals surface area contributed by atoms with Crippen molar-refractivity contribution < 1.29 is 9.90 Å². The molecule has 0 bridgehead atoms. The van der Waals surface area contributed by atoms with Crippen molar-refractivity contribution >= 4 is 16.9 Å². The van der Waals surface area contributed by atoms with Crippen LogP contribution >= 0.6 is 0 Å². The summed E-state index contributed by atoms with van der Waals surface area (Å²) >= 11 is 0. The van der Waals surface area contributed by atoms with E-state index in [2.05, 4.69) is 19.2 Å². The molecule has 2 N–H and O–H groups in total. The Hall–Kier alpha value is -1.81. The van der Waals surface area contributed by atoms with Gasteiger partial charge in [-0.05, 0) is 31.2 Å². The summed E-state index contributed by atoms with van der Waals surface area (Å²) in [6.07, 6.45) is 3.74. The normalized spacial score (nSPS) is 24.4. The lowest BCUT2D eigenvalue weighted by Gasteiger charge is -2.34. The number of rotatable bonds is 5. The Labute approximate surface area is 143 Å². The number of carboxylic acids is 1. The number of nitrogens with zero attached hydrogens (tertiary/aromatic N) is 1. The lowest BCUT2D eigenvalue weighted by atomic mass is 9.78. The number of aryl methyl sites for hydroxylation is 1. The van der Waals surface area contributed by atoms with Crippen molar-refractivity contribution in [3.63, 3.8) is 0 Å². The minimum Gasteiger partial charge on any atom is -0.477 e. The van der Waals surface area contributed by atoms with Crippen molar-refractivity contribution in [2.45, 2.75) is 59.2 Å². The Kier molecular flexibility index (Phi) is 4.95. The summed E-state index contributed by atoms with van der Waals surface area (Å²) in [5, 5.41) is 14.5. The number of aromatic nitrogens is 1. The van der Waals surface area contributed by atoms with Gasteiger partial charge in [0.05, 0.1) is 0 Å². The summed E-state index contributed by atoms with van der Waals surface area (Å²) in [5.41, 5.74) is 2.37. The fourth-order valence-corrected chi connectivity index (χ4v) is 4.23. The zero-order valence-electron chi connectivity index (χ0n) is 14.9. The molecule has 1 aliphatic carbocycles. The smallest absolute Gasteiger partial charge is 0.352 e. The molecule has 1 heterocycles. The molecule has 2 aromatic rings. The summed E-state index contributed by atoms with van der Waals surface area (Å²) in [6, 6.07) is 8.49. The molecule has 1 saturated carbocycles. The third-order valence-corrected chi connectivity index (χ3v) is 5.84. The van der Waals surface area contributed by atoms with Crippen LogP contribution < -0.4 is 5.32 Å². The highest BCUT2D eigenvalue weighted by Crippen LogP contribution is 2.31. The van der Waals surface area contributed by atoms with Crippen molar-refractivity contribution in [2.75, 3.05) is 0 Å². The van der Waals surface area contributed by atoms with Crippen LogP contribution in [0, 0.1) is 11.8 Å². The molecule has 1 aromatic heterocycles. The Morgan fingerprint density at radius 1 is 1.29 bits per heavy atom. The second-order valence-corrected chi connectivity index (χ2v) is 7.15. The zero-order chi connectivity index (χ0) is 17.3. The quantitative estimate of drug-likeness (QED) is 0.861. The third kappa shape index (κ3) is 2.95. The Bertz CT molecular complexity index is 735. The van der Waals surface area contributed by atoms with Gasteiger partial charge in [-0.2, -0.15) is 0 Å². The van der Waals surface area contributed by atoms with Gasteiger partial charge in [-0.15, -0.1) is 0 Å². The molecule has 0 unspecified atom stereocenters. The van der Waals surface area contributed by atoms with E-state index in [0.29, 0.717) is 30.7 Å². The van der Waals surface area contributed by atoms with Crippen LogP contribution in [0.2, 0.25) is 0 Å². The van der Waals surface area contributed by atoms with Crippen molar-refractivity contribution in [3.05, 3.63) is 35.5 Å². The standard InChI is InChI=1S/C20H28N2O2/c1-4-22-18-11-6-5-9-15(18)16(19(22)20(23)24)12-21-17-10-7-8-13(2)14(17)3/h5-6,9,11,13-14,17,21H,4,7-8,10,12H2,1-3H3,(H,23,24)/t13-,14+,17-/m1/s1. The lowest BCUT2D eigenvalue weighted by Crippen LogP contribution is -2.40. The first-order chi connectivity index (χ1) is 11.5. The number of aromatic carboxylic acids is 1. The van der Waals surface area contributed by atoms with Crippen LogP contribution in [0.1, 0.15) is 56.1 Å². The van der Waals surface area contributed by atoms with Crippen LogP contribution in [-0.4, -0.2) is 21.7 Å². The van der Waals surface area contributed by atoms with Crippen LogP contribution in [0.25, 0.3) is 10.9 Å². The predicted octanol–water partition coefficient (Wildman–Crippen LogP) is 4.27. The Morgan fingerprint density at radius 3 is 2.75 bits per heavy atom. The maximum Gasteiger partial charge on any atom is 0.352 e. The number of benzene rings is 1. The number of para-hydroxylation sites is 1. The van der Waals surface area contributed by atoms with E-state index in [1.165, 1.54) is 19.3 Å². The first-order valence-electron chi connectivity index (χ1n) is 9.11. The molecule has 1 aliphatic rings. The molecule has 3 rings (SSSR count). The molecule has 0 spiro atoms. The van der Waals surface area contributed by atoms with Gasteiger partial charge in [0.2, 0.25) is 0 Å². The van der Waals surface area contributed by atoms with Crippen molar-refractivity contribution in [1.82, 2.24) is 9.88 Å². The summed E-state index contributed by atoms with van der Waals surface area (Å²) in [6.45, 7) is 7.93. The number of carboxylic acid groups (broad SMARTS) is 1. The number of fused-ring (bicyclic) bond motifs is 1. The molecule has 0 saturated heterocycles. The summed E-state index contributed by atoms with van der Waals surface area (Å²) in [4.78, 5) is 11.9. The van der Waals surface area contributed by atoms with Crippen molar-refractivity contribution in [2.24, 2.45) is 11.8 Å². The van der Waals surface area contributed by atoms with E-state index in [4.69, 9.17) is 0 Å². The molecule has 1 fully saturated rings. The second-order valence-electron chi connectivity index (χ2n) is 7.15. The molecule has 4 heteroatoms. The fourth-order valence-electron chi connectivity index (χ4n) is 4.23. The molecule has 0 aliphatic heterocycles. The van der Waals surface area contributed by atoms with Crippen molar-refractivity contribution in [1.29, 1.82) is 0 Å². The van der Waals surface area contributed by atoms with Gasteiger partial charge >= 0.3 is 5.97 Å². The molecular weight excluding hydrogens is 300 g/mol. The van der Waals surface area contributed by atoms with Gasteiger partial charge in [0.15, 0.2) is 0 Å². The minimum atomic E-state index is -0.838. The molecule has 130 valence electrons. The first kappa shape index (κ1) is 17.0. The maximum absolute atomic E-state index is 11.9. The van der Waals surface area contributed by atoms with E-state index >= 15 is 0 Å². The highest BCUT2D eigenvalue weighted by atomic mass is 16.4. The topological polar surface area (TPSA) is 54.3 Å². The maximum atomic E-state index is 11.9. The van der Waals surface area contributed by atoms with E-state index in [1.54, 1.807) is 0 Å². The monoisotopic (exact) mass is 328 g/mol. The minimum absolute atomic E-state index is 0.433. The van der Waals surface area contributed by atoms with Crippen molar-refractivity contribution in [3.8, 4) is 0 Å². The molecule has 1 aromatic carbocycles. The highest BCUT2D eigenvalue weighted by Gasteiger charge is 2.28. The van der Waals surface area contributed by atoms with E-state index in [1.807, 2.05) is 35.8 Å². The van der Waals surface area contributed by atoms with Gasteiger partial charge in [-0.1, -0.05) is 44.9 Å². The Balaban J connectivity index is 1.94. The molecule has 0 radical (unpaired) electrons. The van der Waals surface area contributed by atoms with E-state index < -0.39 is 5.97 Å². The number of carbonyl (C=O) groups is 1. The van der Waals surface area contributed by atoms with E-state index in [9.17, 15) is 9.90 Å². The zero-order valence-corrected chi connectivity index (χ0v) is 14.9. The molecule has 0 amide bonds. The largest absolute Gasteiger partial charge is 0.477 e.